The Bertz CT molecular complexity index is 570. The predicted molar refractivity (Wildman–Crippen MR) is 79.4 cm³/mol. The number of ether oxygens (including phenoxy) is 2. The van der Waals surface area contributed by atoms with Gasteiger partial charge in [0.1, 0.15) is 17.2 Å². The van der Waals surface area contributed by atoms with Crippen LogP contribution < -0.4 is 14.8 Å². The number of aryl methyl sites for hydroxylation is 1. The van der Waals surface area contributed by atoms with Gasteiger partial charge in [-0.3, -0.25) is 4.98 Å². The van der Waals surface area contributed by atoms with Gasteiger partial charge in [-0.1, -0.05) is 13.0 Å². The summed E-state index contributed by atoms with van der Waals surface area (Å²) in [5, 5.41) is 3.29. The highest BCUT2D eigenvalue weighted by Crippen LogP contribution is 2.28. The normalized spacial score (nSPS) is 10.3. The number of pyridine rings is 1. The number of aromatic nitrogens is 1. The maximum absolute atomic E-state index is 5.97. The SMILES string of the molecule is CCNCc1cnc(C)cc1Oc1cccc(OC)c1. The molecule has 20 heavy (non-hydrogen) atoms. The topological polar surface area (TPSA) is 43.4 Å². The Kier molecular flexibility index (Phi) is 4.96. The number of hydrogen-bond donors (Lipinski definition) is 1. The van der Waals surface area contributed by atoms with Gasteiger partial charge in [0.05, 0.1) is 7.11 Å². The molecule has 0 aliphatic heterocycles. The summed E-state index contributed by atoms with van der Waals surface area (Å²) >= 11 is 0. The van der Waals surface area contributed by atoms with Gasteiger partial charge >= 0.3 is 0 Å². The largest absolute Gasteiger partial charge is 0.497 e. The molecule has 2 aromatic rings. The first kappa shape index (κ1) is 14.3. The summed E-state index contributed by atoms with van der Waals surface area (Å²) in [4.78, 5) is 4.32. The van der Waals surface area contributed by atoms with Crippen molar-refractivity contribution in [3.05, 3.63) is 47.8 Å². The van der Waals surface area contributed by atoms with Gasteiger partial charge in [-0.05, 0) is 25.6 Å². The van der Waals surface area contributed by atoms with Crippen LogP contribution in [0.2, 0.25) is 0 Å². The minimum atomic E-state index is 0.739. The Labute approximate surface area is 119 Å². The van der Waals surface area contributed by atoms with E-state index in [0.29, 0.717) is 0 Å². The molecule has 0 aliphatic carbocycles. The first-order chi connectivity index (χ1) is 9.72. The van der Waals surface area contributed by atoms with Crippen LogP contribution >= 0.6 is 0 Å². The summed E-state index contributed by atoms with van der Waals surface area (Å²) < 4.78 is 11.2. The van der Waals surface area contributed by atoms with Crippen LogP contribution in [0.1, 0.15) is 18.2 Å². The standard InChI is InChI=1S/C16H20N2O2/c1-4-17-10-13-11-18-12(2)8-16(13)20-15-7-5-6-14(9-15)19-3/h5-9,11,17H,4,10H2,1-3H3. The molecule has 0 saturated heterocycles. The van der Waals surface area contributed by atoms with E-state index in [1.165, 1.54) is 0 Å². The average Bonchev–Trinajstić information content (AvgIpc) is 2.47. The van der Waals surface area contributed by atoms with Gasteiger partial charge in [-0.2, -0.15) is 0 Å². The zero-order valence-electron chi connectivity index (χ0n) is 12.1. The average molecular weight is 272 g/mol. The Hall–Kier alpha value is -2.07. The van der Waals surface area contributed by atoms with Crippen molar-refractivity contribution in [2.45, 2.75) is 20.4 Å². The van der Waals surface area contributed by atoms with E-state index in [4.69, 9.17) is 9.47 Å². The zero-order chi connectivity index (χ0) is 14.4. The minimum Gasteiger partial charge on any atom is -0.497 e. The van der Waals surface area contributed by atoms with Gasteiger partial charge in [0.2, 0.25) is 0 Å². The van der Waals surface area contributed by atoms with Gasteiger partial charge in [0.15, 0.2) is 0 Å². The van der Waals surface area contributed by atoms with Gasteiger partial charge < -0.3 is 14.8 Å². The van der Waals surface area contributed by atoms with Gasteiger partial charge in [0, 0.05) is 36.1 Å². The molecule has 1 aromatic heterocycles. The minimum absolute atomic E-state index is 0.739. The first-order valence-corrected chi connectivity index (χ1v) is 6.71. The molecule has 106 valence electrons. The van der Waals surface area contributed by atoms with Crippen LogP contribution in [-0.4, -0.2) is 18.6 Å². The maximum Gasteiger partial charge on any atom is 0.135 e. The van der Waals surface area contributed by atoms with Crippen molar-refractivity contribution in [3.8, 4) is 17.2 Å². The molecular weight excluding hydrogens is 252 g/mol. The van der Waals surface area contributed by atoms with Gasteiger partial charge in [-0.25, -0.2) is 0 Å². The second-order valence-corrected chi connectivity index (χ2v) is 4.49. The molecule has 4 heteroatoms. The Balaban J connectivity index is 2.24. The lowest BCUT2D eigenvalue weighted by Gasteiger charge is -2.12. The van der Waals surface area contributed by atoms with Crippen molar-refractivity contribution < 1.29 is 9.47 Å². The van der Waals surface area contributed by atoms with E-state index >= 15 is 0 Å². The quantitative estimate of drug-likeness (QED) is 0.876. The molecule has 1 heterocycles. The molecule has 0 aliphatic rings. The maximum atomic E-state index is 5.97. The highest BCUT2D eigenvalue weighted by atomic mass is 16.5. The lowest BCUT2D eigenvalue weighted by Crippen LogP contribution is -2.12. The van der Waals surface area contributed by atoms with Gasteiger partial charge in [-0.15, -0.1) is 0 Å². The third kappa shape index (κ3) is 3.71. The molecule has 0 amide bonds. The van der Waals surface area contributed by atoms with Crippen LogP contribution in [0.3, 0.4) is 0 Å². The summed E-state index contributed by atoms with van der Waals surface area (Å²) in [5.41, 5.74) is 1.98. The number of nitrogens with zero attached hydrogens (tertiary/aromatic N) is 1. The van der Waals surface area contributed by atoms with Crippen LogP contribution in [0.25, 0.3) is 0 Å². The fraction of sp³-hybridized carbons (Fsp3) is 0.312. The number of rotatable bonds is 6. The molecule has 1 aromatic carbocycles. The van der Waals surface area contributed by atoms with E-state index in [1.807, 2.05) is 43.5 Å². The molecule has 0 atom stereocenters. The second kappa shape index (κ2) is 6.91. The number of methoxy groups -OCH3 is 1. The van der Waals surface area contributed by atoms with Crippen LogP contribution in [0.4, 0.5) is 0 Å². The summed E-state index contributed by atoms with van der Waals surface area (Å²) in [6, 6.07) is 9.53. The lowest BCUT2D eigenvalue weighted by atomic mass is 10.2. The summed E-state index contributed by atoms with van der Waals surface area (Å²) in [6.07, 6.45) is 1.85. The summed E-state index contributed by atoms with van der Waals surface area (Å²) in [5.74, 6) is 2.36. The van der Waals surface area contributed by atoms with Crippen LogP contribution in [-0.2, 0) is 6.54 Å². The van der Waals surface area contributed by atoms with E-state index < -0.39 is 0 Å². The Morgan fingerprint density at radius 2 is 2.00 bits per heavy atom. The van der Waals surface area contributed by atoms with Crippen molar-refractivity contribution in [3.63, 3.8) is 0 Å². The van der Waals surface area contributed by atoms with E-state index in [-0.39, 0.29) is 0 Å². The van der Waals surface area contributed by atoms with Crippen LogP contribution in [0, 0.1) is 6.92 Å². The molecule has 2 rings (SSSR count). The molecule has 0 fully saturated rings. The third-order valence-corrected chi connectivity index (χ3v) is 2.91. The molecule has 1 N–H and O–H groups in total. The molecular formula is C16H20N2O2. The van der Waals surface area contributed by atoms with Crippen molar-refractivity contribution in [1.29, 1.82) is 0 Å². The fourth-order valence-corrected chi connectivity index (χ4v) is 1.84. The summed E-state index contributed by atoms with van der Waals surface area (Å²) in [6.45, 7) is 5.68. The van der Waals surface area contributed by atoms with Crippen molar-refractivity contribution >= 4 is 0 Å². The van der Waals surface area contributed by atoms with Crippen molar-refractivity contribution in [1.82, 2.24) is 10.3 Å². The number of hydrogen-bond acceptors (Lipinski definition) is 4. The van der Waals surface area contributed by atoms with Crippen LogP contribution in [0.15, 0.2) is 36.5 Å². The summed E-state index contributed by atoms with van der Waals surface area (Å²) in [7, 11) is 1.65. The highest BCUT2D eigenvalue weighted by Gasteiger charge is 2.07. The van der Waals surface area contributed by atoms with Crippen molar-refractivity contribution in [2.24, 2.45) is 0 Å². The predicted octanol–water partition coefficient (Wildman–Crippen LogP) is 3.30. The van der Waals surface area contributed by atoms with E-state index in [2.05, 4.69) is 17.2 Å². The number of nitrogens with one attached hydrogen (secondary N) is 1. The molecule has 4 nitrogen and oxygen atoms in total. The van der Waals surface area contributed by atoms with E-state index in [1.54, 1.807) is 7.11 Å². The number of benzene rings is 1. The molecule has 0 radical (unpaired) electrons. The zero-order valence-corrected chi connectivity index (χ0v) is 12.1. The Morgan fingerprint density at radius 1 is 1.20 bits per heavy atom. The third-order valence-electron chi connectivity index (χ3n) is 2.91. The van der Waals surface area contributed by atoms with Crippen LogP contribution in [0.5, 0.6) is 17.2 Å². The highest BCUT2D eigenvalue weighted by molar-refractivity contribution is 5.40. The monoisotopic (exact) mass is 272 g/mol. The fourth-order valence-electron chi connectivity index (χ4n) is 1.84. The lowest BCUT2D eigenvalue weighted by molar-refractivity contribution is 0.408. The molecule has 0 spiro atoms. The molecule has 0 bridgehead atoms. The van der Waals surface area contributed by atoms with Gasteiger partial charge in [0.25, 0.3) is 0 Å². The van der Waals surface area contributed by atoms with Crippen molar-refractivity contribution in [2.75, 3.05) is 13.7 Å². The van der Waals surface area contributed by atoms with E-state index in [9.17, 15) is 0 Å². The Morgan fingerprint density at radius 3 is 2.75 bits per heavy atom. The first-order valence-electron chi connectivity index (χ1n) is 6.71. The second-order valence-electron chi connectivity index (χ2n) is 4.49. The smallest absolute Gasteiger partial charge is 0.135 e. The molecule has 0 unspecified atom stereocenters. The molecule has 0 saturated carbocycles. The van der Waals surface area contributed by atoms with E-state index in [0.717, 1.165) is 41.6 Å².